The Labute approximate surface area is 114 Å². The van der Waals surface area contributed by atoms with Crippen LogP contribution in [0.1, 0.15) is 39.1 Å². The fraction of sp³-hybridized carbons (Fsp3) is 0.385. The van der Waals surface area contributed by atoms with Gasteiger partial charge in [0.2, 0.25) is 0 Å². The highest BCUT2D eigenvalue weighted by atomic mass is 32.1. The molecule has 2 aromatic heterocycles. The van der Waals surface area contributed by atoms with Gasteiger partial charge in [-0.05, 0) is 25.8 Å². The first-order valence-electron chi connectivity index (χ1n) is 6.12. The second-order valence-corrected chi connectivity index (χ2v) is 5.92. The van der Waals surface area contributed by atoms with Crippen LogP contribution in [0.15, 0.2) is 18.6 Å². The van der Waals surface area contributed by atoms with Crippen molar-refractivity contribution in [2.75, 3.05) is 0 Å². The Morgan fingerprint density at radius 3 is 3.11 bits per heavy atom. The minimum Gasteiger partial charge on any atom is -0.486 e. The van der Waals surface area contributed by atoms with E-state index in [1.807, 2.05) is 13.3 Å². The Morgan fingerprint density at radius 1 is 1.63 bits per heavy atom. The van der Waals surface area contributed by atoms with Crippen LogP contribution in [0.3, 0.4) is 0 Å². The standard InChI is InChI=1S/C13H14N2O3S/c1-8-4-11(12(19-8)13(16)17)18-6-10-5-14-7-15(10)9-2-3-9/h4-5,7,9H,2-3,6H2,1H3,(H,16,17). The molecule has 0 aliphatic heterocycles. The van der Waals surface area contributed by atoms with E-state index in [1.54, 1.807) is 12.3 Å². The van der Waals surface area contributed by atoms with Crippen LogP contribution >= 0.6 is 11.3 Å². The summed E-state index contributed by atoms with van der Waals surface area (Å²) < 4.78 is 7.76. The van der Waals surface area contributed by atoms with Crippen LogP contribution in [0.4, 0.5) is 0 Å². The molecule has 0 spiro atoms. The number of aromatic carboxylic acids is 1. The van der Waals surface area contributed by atoms with Gasteiger partial charge < -0.3 is 14.4 Å². The minimum atomic E-state index is -0.941. The average molecular weight is 278 g/mol. The Bertz CT molecular complexity index is 613. The lowest BCUT2D eigenvalue weighted by molar-refractivity contribution is 0.0697. The molecule has 0 radical (unpaired) electrons. The maximum atomic E-state index is 11.1. The number of carboxylic acid groups (broad SMARTS) is 1. The third-order valence-electron chi connectivity index (χ3n) is 3.08. The number of aryl methyl sites for hydroxylation is 1. The number of rotatable bonds is 5. The van der Waals surface area contributed by atoms with Crippen molar-refractivity contribution < 1.29 is 14.6 Å². The number of carboxylic acids is 1. The molecule has 0 aromatic carbocycles. The molecule has 1 aliphatic rings. The lowest BCUT2D eigenvalue weighted by atomic mass is 10.4. The number of imidazole rings is 1. The first-order chi connectivity index (χ1) is 9.15. The zero-order chi connectivity index (χ0) is 13.4. The van der Waals surface area contributed by atoms with E-state index in [2.05, 4.69) is 9.55 Å². The van der Waals surface area contributed by atoms with E-state index in [0.717, 1.165) is 10.6 Å². The summed E-state index contributed by atoms with van der Waals surface area (Å²) in [6, 6.07) is 2.32. The molecule has 0 saturated heterocycles. The van der Waals surface area contributed by atoms with E-state index in [-0.39, 0.29) is 4.88 Å². The van der Waals surface area contributed by atoms with E-state index < -0.39 is 5.97 Å². The van der Waals surface area contributed by atoms with E-state index in [4.69, 9.17) is 9.84 Å². The van der Waals surface area contributed by atoms with Gasteiger partial charge in [-0.3, -0.25) is 0 Å². The molecule has 1 N–H and O–H groups in total. The summed E-state index contributed by atoms with van der Waals surface area (Å²) in [5.74, 6) is -0.498. The average Bonchev–Trinajstić information content (AvgIpc) is 2.97. The molecule has 0 unspecified atom stereocenters. The molecule has 100 valence electrons. The van der Waals surface area contributed by atoms with Crippen molar-refractivity contribution in [3.8, 4) is 5.75 Å². The third kappa shape index (κ3) is 2.49. The topological polar surface area (TPSA) is 64.4 Å². The van der Waals surface area contributed by atoms with Crippen LogP contribution in [0, 0.1) is 6.92 Å². The van der Waals surface area contributed by atoms with Gasteiger partial charge in [0, 0.05) is 10.9 Å². The first kappa shape index (κ1) is 12.2. The van der Waals surface area contributed by atoms with Crippen molar-refractivity contribution in [2.24, 2.45) is 0 Å². The van der Waals surface area contributed by atoms with Crippen LogP contribution in [0.5, 0.6) is 5.75 Å². The van der Waals surface area contributed by atoms with Gasteiger partial charge in [0.1, 0.15) is 12.4 Å². The van der Waals surface area contributed by atoms with E-state index in [1.165, 1.54) is 24.2 Å². The van der Waals surface area contributed by atoms with Crippen LogP contribution in [-0.2, 0) is 6.61 Å². The van der Waals surface area contributed by atoms with Gasteiger partial charge in [0.25, 0.3) is 0 Å². The Kier molecular flexibility index (Phi) is 3.02. The molecule has 19 heavy (non-hydrogen) atoms. The highest BCUT2D eigenvalue weighted by Crippen LogP contribution is 2.36. The molecule has 1 saturated carbocycles. The number of hydrogen-bond acceptors (Lipinski definition) is 4. The molecule has 6 heteroatoms. The number of thiophene rings is 1. The smallest absolute Gasteiger partial charge is 0.349 e. The van der Waals surface area contributed by atoms with Crippen molar-refractivity contribution in [2.45, 2.75) is 32.4 Å². The molecule has 0 atom stereocenters. The van der Waals surface area contributed by atoms with Gasteiger partial charge in [-0.1, -0.05) is 0 Å². The molecule has 3 rings (SSSR count). The second kappa shape index (κ2) is 4.70. The zero-order valence-electron chi connectivity index (χ0n) is 10.5. The maximum absolute atomic E-state index is 11.1. The van der Waals surface area contributed by atoms with Crippen LogP contribution in [0.2, 0.25) is 0 Å². The molecule has 0 bridgehead atoms. The first-order valence-corrected chi connectivity index (χ1v) is 6.94. The number of nitrogens with zero attached hydrogens (tertiary/aromatic N) is 2. The summed E-state index contributed by atoms with van der Waals surface area (Å²) in [4.78, 5) is 16.4. The highest BCUT2D eigenvalue weighted by Gasteiger charge is 2.25. The summed E-state index contributed by atoms with van der Waals surface area (Å²) in [7, 11) is 0. The monoisotopic (exact) mass is 278 g/mol. The quantitative estimate of drug-likeness (QED) is 0.913. The van der Waals surface area contributed by atoms with Gasteiger partial charge in [0.15, 0.2) is 4.88 Å². The molecule has 2 heterocycles. The molecule has 0 amide bonds. The molecule has 1 aliphatic carbocycles. The second-order valence-electron chi connectivity index (χ2n) is 4.67. The molecule has 2 aromatic rings. The van der Waals surface area contributed by atoms with Crippen molar-refractivity contribution >= 4 is 17.3 Å². The summed E-state index contributed by atoms with van der Waals surface area (Å²) >= 11 is 1.24. The lowest BCUT2D eigenvalue weighted by Gasteiger charge is -2.08. The van der Waals surface area contributed by atoms with Gasteiger partial charge in [-0.25, -0.2) is 9.78 Å². The largest absolute Gasteiger partial charge is 0.486 e. The summed E-state index contributed by atoms with van der Waals surface area (Å²) in [6.07, 6.45) is 5.95. The van der Waals surface area contributed by atoms with Gasteiger partial charge in [-0.15, -0.1) is 11.3 Å². The normalized spacial score (nSPS) is 14.6. The third-order valence-corrected chi connectivity index (χ3v) is 4.10. The number of ether oxygens (including phenoxy) is 1. The van der Waals surface area contributed by atoms with Crippen molar-refractivity contribution in [1.82, 2.24) is 9.55 Å². The van der Waals surface area contributed by atoms with E-state index >= 15 is 0 Å². The molecule has 1 fully saturated rings. The predicted octanol–water partition coefficient (Wildman–Crippen LogP) is 2.87. The fourth-order valence-electron chi connectivity index (χ4n) is 2.02. The highest BCUT2D eigenvalue weighted by molar-refractivity contribution is 7.14. The minimum absolute atomic E-state index is 0.259. The van der Waals surface area contributed by atoms with Crippen LogP contribution in [-0.4, -0.2) is 20.6 Å². The van der Waals surface area contributed by atoms with Crippen LogP contribution < -0.4 is 4.74 Å². The maximum Gasteiger partial charge on any atom is 0.349 e. The molecular formula is C13H14N2O3S. The van der Waals surface area contributed by atoms with Crippen molar-refractivity contribution in [1.29, 1.82) is 0 Å². The van der Waals surface area contributed by atoms with E-state index in [9.17, 15) is 4.79 Å². The number of carbonyl (C=O) groups is 1. The fourth-order valence-corrected chi connectivity index (χ4v) is 2.82. The van der Waals surface area contributed by atoms with Gasteiger partial charge in [0.05, 0.1) is 18.2 Å². The zero-order valence-corrected chi connectivity index (χ0v) is 11.3. The van der Waals surface area contributed by atoms with Crippen molar-refractivity contribution in [3.63, 3.8) is 0 Å². The van der Waals surface area contributed by atoms with Crippen molar-refractivity contribution in [3.05, 3.63) is 34.0 Å². The summed E-state index contributed by atoms with van der Waals surface area (Å²) in [5, 5.41) is 9.10. The predicted molar refractivity (Wildman–Crippen MR) is 70.8 cm³/mol. The Morgan fingerprint density at radius 2 is 2.42 bits per heavy atom. The van der Waals surface area contributed by atoms with Gasteiger partial charge >= 0.3 is 5.97 Å². The summed E-state index contributed by atoms with van der Waals surface area (Å²) in [6.45, 7) is 2.23. The SMILES string of the molecule is Cc1cc(OCc2cncn2C2CC2)c(C(=O)O)s1. The lowest BCUT2D eigenvalue weighted by Crippen LogP contribution is -2.05. The Hall–Kier alpha value is -1.82. The number of hydrogen-bond donors (Lipinski definition) is 1. The summed E-state index contributed by atoms with van der Waals surface area (Å²) in [5.41, 5.74) is 0.989. The number of aromatic nitrogens is 2. The molecular weight excluding hydrogens is 264 g/mol. The van der Waals surface area contributed by atoms with E-state index in [0.29, 0.717) is 18.4 Å². The van der Waals surface area contributed by atoms with Gasteiger partial charge in [-0.2, -0.15) is 0 Å². The Balaban J connectivity index is 1.75. The van der Waals surface area contributed by atoms with Crippen LogP contribution in [0.25, 0.3) is 0 Å². The molecule has 5 nitrogen and oxygen atoms in total.